The zero-order valence-corrected chi connectivity index (χ0v) is 13.2. The van der Waals surface area contributed by atoms with Crippen LogP contribution in [0.1, 0.15) is 51.8 Å². The summed E-state index contributed by atoms with van der Waals surface area (Å²) in [6.45, 7) is 4.21. The molecule has 0 fully saturated rings. The Labute approximate surface area is 130 Å². The lowest BCUT2D eigenvalue weighted by Crippen LogP contribution is -2.32. The van der Waals surface area contributed by atoms with Gasteiger partial charge in [-0.15, -0.1) is 0 Å². The van der Waals surface area contributed by atoms with E-state index >= 15 is 0 Å². The largest absolute Gasteiger partial charge is 0.461 e. The summed E-state index contributed by atoms with van der Waals surface area (Å²) in [6.07, 6.45) is 6.89. The summed E-state index contributed by atoms with van der Waals surface area (Å²) >= 11 is 0. The molecule has 2 heterocycles. The number of unbranched alkanes of at least 4 members (excludes halogenated alkanes) is 2. The Morgan fingerprint density at radius 1 is 1.41 bits per heavy atom. The van der Waals surface area contributed by atoms with Gasteiger partial charge < -0.3 is 14.3 Å². The number of hydrogen-bond donors (Lipinski definition) is 1. The van der Waals surface area contributed by atoms with Gasteiger partial charge in [0.15, 0.2) is 5.76 Å². The minimum atomic E-state index is 0.0155. The van der Waals surface area contributed by atoms with Crippen molar-refractivity contribution in [3.8, 4) is 11.6 Å². The second kappa shape index (κ2) is 8.36. The van der Waals surface area contributed by atoms with E-state index in [-0.39, 0.29) is 11.9 Å². The molecule has 1 atom stereocenters. The smallest absolute Gasteiger partial charge is 0.238 e. The van der Waals surface area contributed by atoms with Crippen LogP contribution in [0.25, 0.3) is 11.6 Å². The van der Waals surface area contributed by atoms with Crippen LogP contribution in [-0.4, -0.2) is 22.1 Å². The SMILES string of the molecule is CCCCCC(C)NC(=O)CCc1nc(-c2ccco2)no1. The van der Waals surface area contributed by atoms with Gasteiger partial charge in [0.25, 0.3) is 0 Å². The summed E-state index contributed by atoms with van der Waals surface area (Å²) in [7, 11) is 0. The fourth-order valence-corrected chi connectivity index (χ4v) is 2.20. The topological polar surface area (TPSA) is 81.2 Å². The molecule has 120 valence electrons. The summed E-state index contributed by atoms with van der Waals surface area (Å²) in [4.78, 5) is 16.1. The maximum atomic E-state index is 11.9. The molecule has 22 heavy (non-hydrogen) atoms. The average Bonchev–Trinajstić information content (AvgIpc) is 3.16. The molecule has 2 aromatic heterocycles. The second-order valence-electron chi connectivity index (χ2n) is 5.45. The number of nitrogens with zero attached hydrogens (tertiary/aromatic N) is 2. The maximum Gasteiger partial charge on any atom is 0.238 e. The van der Waals surface area contributed by atoms with Crippen LogP contribution in [0.5, 0.6) is 0 Å². The number of carbonyl (C=O) groups is 1. The van der Waals surface area contributed by atoms with E-state index in [1.54, 1.807) is 18.4 Å². The molecule has 0 aromatic carbocycles. The first-order valence-corrected chi connectivity index (χ1v) is 7.85. The van der Waals surface area contributed by atoms with E-state index in [2.05, 4.69) is 22.4 Å². The van der Waals surface area contributed by atoms with Gasteiger partial charge in [-0.1, -0.05) is 31.3 Å². The summed E-state index contributed by atoms with van der Waals surface area (Å²) < 4.78 is 10.3. The van der Waals surface area contributed by atoms with Crippen molar-refractivity contribution in [3.63, 3.8) is 0 Å². The summed E-state index contributed by atoms with van der Waals surface area (Å²) in [5.41, 5.74) is 0. The highest BCUT2D eigenvalue weighted by Crippen LogP contribution is 2.16. The first-order valence-electron chi connectivity index (χ1n) is 7.85. The average molecular weight is 305 g/mol. The second-order valence-corrected chi connectivity index (χ2v) is 5.45. The highest BCUT2D eigenvalue weighted by atomic mass is 16.5. The molecule has 0 saturated heterocycles. The minimum Gasteiger partial charge on any atom is -0.461 e. The van der Waals surface area contributed by atoms with E-state index in [0.717, 1.165) is 12.8 Å². The number of aromatic nitrogens is 2. The molecule has 0 aliphatic heterocycles. The van der Waals surface area contributed by atoms with E-state index in [1.165, 1.54) is 12.8 Å². The van der Waals surface area contributed by atoms with Crippen molar-refractivity contribution >= 4 is 5.91 Å². The molecule has 0 saturated carbocycles. The van der Waals surface area contributed by atoms with Crippen molar-refractivity contribution < 1.29 is 13.7 Å². The number of amides is 1. The summed E-state index contributed by atoms with van der Waals surface area (Å²) in [5, 5.41) is 6.83. The van der Waals surface area contributed by atoms with Crippen LogP contribution in [0.3, 0.4) is 0 Å². The molecule has 1 N–H and O–H groups in total. The first kappa shape index (κ1) is 16.3. The van der Waals surface area contributed by atoms with Crippen molar-refractivity contribution in [3.05, 3.63) is 24.3 Å². The van der Waals surface area contributed by atoms with Crippen LogP contribution in [0.4, 0.5) is 0 Å². The van der Waals surface area contributed by atoms with E-state index in [9.17, 15) is 4.79 Å². The molecule has 6 nitrogen and oxygen atoms in total. The minimum absolute atomic E-state index is 0.0155. The highest BCUT2D eigenvalue weighted by Gasteiger charge is 2.13. The van der Waals surface area contributed by atoms with Gasteiger partial charge in [0.2, 0.25) is 17.6 Å². The number of rotatable bonds is 9. The van der Waals surface area contributed by atoms with Gasteiger partial charge in [0.1, 0.15) is 0 Å². The quantitative estimate of drug-likeness (QED) is 0.718. The van der Waals surface area contributed by atoms with Gasteiger partial charge in [-0.2, -0.15) is 4.98 Å². The van der Waals surface area contributed by atoms with E-state index in [0.29, 0.717) is 30.3 Å². The fraction of sp³-hybridized carbons (Fsp3) is 0.562. The van der Waals surface area contributed by atoms with Gasteiger partial charge >= 0.3 is 0 Å². The van der Waals surface area contributed by atoms with Gasteiger partial charge in [0, 0.05) is 18.9 Å². The van der Waals surface area contributed by atoms with Gasteiger partial charge in [-0.25, -0.2) is 0 Å². The van der Waals surface area contributed by atoms with Crippen LogP contribution in [-0.2, 0) is 11.2 Å². The molecule has 0 bridgehead atoms. The van der Waals surface area contributed by atoms with Crippen LogP contribution in [0.2, 0.25) is 0 Å². The fourth-order valence-electron chi connectivity index (χ4n) is 2.20. The molecule has 0 spiro atoms. The van der Waals surface area contributed by atoms with Crippen molar-refractivity contribution in [1.29, 1.82) is 0 Å². The summed E-state index contributed by atoms with van der Waals surface area (Å²) in [6, 6.07) is 3.73. The van der Waals surface area contributed by atoms with E-state index in [4.69, 9.17) is 8.94 Å². The first-order chi connectivity index (χ1) is 10.7. The lowest BCUT2D eigenvalue weighted by molar-refractivity contribution is -0.121. The van der Waals surface area contributed by atoms with E-state index in [1.807, 2.05) is 6.92 Å². The summed E-state index contributed by atoms with van der Waals surface area (Å²) in [5.74, 6) is 1.43. The lowest BCUT2D eigenvalue weighted by Gasteiger charge is -2.12. The molecule has 1 amide bonds. The van der Waals surface area contributed by atoms with Gasteiger partial charge in [0.05, 0.1) is 6.26 Å². The Morgan fingerprint density at radius 2 is 2.27 bits per heavy atom. The molecule has 0 aliphatic rings. The normalized spacial score (nSPS) is 12.3. The molecule has 2 aromatic rings. The number of hydrogen-bond acceptors (Lipinski definition) is 5. The molecular weight excluding hydrogens is 282 g/mol. The van der Waals surface area contributed by atoms with Crippen molar-refractivity contribution in [1.82, 2.24) is 15.5 Å². The Bertz CT molecular complexity index is 563. The van der Waals surface area contributed by atoms with Gasteiger partial charge in [-0.3, -0.25) is 4.79 Å². The third-order valence-corrected chi connectivity index (χ3v) is 3.42. The standard InChI is InChI=1S/C16H23N3O3/c1-3-4-5-7-12(2)17-14(20)9-10-15-18-16(19-22-15)13-8-6-11-21-13/h6,8,11-12H,3-5,7,9-10H2,1-2H3,(H,17,20). The molecule has 0 aliphatic carbocycles. The predicted octanol–water partition coefficient (Wildman–Crippen LogP) is 3.35. The Hall–Kier alpha value is -2.11. The van der Waals surface area contributed by atoms with Crippen LogP contribution in [0.15, 0.2) is 27.3 Å². The lowest BCUT2D eigenvalue weighted by atomic mass is 10.1. The Balaban J connectivity index is 1.72. The number of aryl methyl sites for hydroxylation is 1. The molecule has 1 unspecified atom stereocenters. The number of nitrogens with one attached hydrogen (secondary N) is 1. The third-order valence-electron chi connectivity index (χ3n) is 3.42. The predicted molar refractivity (Wildman–Crippen MR) is 82.1 cm³/mol. The highest BCUT2D eigenvalue weighted by molar-refractivity contribution is 5.76. The van der Waals surface area contributed by atoms with Crippen LogP contribution < -0.4 is 5.32 Å². The van der Waals surface area contributed by atoms with Crippen LogP contribution >= 0.6 is 0 Å². The zero-order chi connectivity index (χ0) is 15.8. The molecule has 0 radical (unpaired) electrons. The maximum absolute atomic E-state index is 11.9. The van der Waals surface area contributed by atoms with Crippen molar-refractivity contribution in [2.45, 2.75) is 58.4 Å². The van der Waals surface area contributed by atoms with Gasteiger partial charge in [-0.05, 0) is 25.5 Å². The number of furan rings is 1. The van der Waals surface area contributed by atoms with E-state index < -0.39 is 0 Å². The molecule has 6 heteroatoms. The molecular formula is C16H23N3O3. The monoisotopic (exact) mass is 305 g/mol. The van der Waals surface area contributed by atoms with Crippen molar-refractivity contribution in [2.24, 2.45) is 0 Å². The third kappa shape index (κ3) is 5.02. The molecule has 2 rings (SSSR count). The number of carbonyl (C=O) groups excluding carboxylic acids is 1. The zero-order valence-electron chi connectivity index (χ0n) is 13.2. The Morgan fingerprint density at radius 3 is 3.00 bits per heavy atom. The van der Waals surface area contributed by atoms with Crippen molar-refractivity contribution in [2.75, 3.05) is 0 Å². The van der Waals surface area contributed by atoms with Crippen LogP contribution in [0, 0.1) is 0 Å². The Kier molecular flexibility index (Phi) is 6.18.